The number of rotatable bonds is 8. The number of aromatic amines is 1. The number of anilines is 3. The first kappa shape index (κ1) is 24.0. The maximum atomic E-state index is 13.7. The van der Waals surface area contributed by atoms with Crippen LogP contribution in [0.4, 0.5) is 17.2 Å². The summed E-state index contributed by atoms with van der Waals surface area (Å²) in [6, 6.07) is 16.0. The summed E-state index contributed by atoms with van der Waals surface area (Å²) in [5.74, 6) is -0.426. The number of nitrogens with two attached hydrogens (primary N) is 1. The zero-order valence-corrected chi connectivity index (χ0v) is 19.7. The molecular formula is C26H29N5O4. The summed E-state index contributed by atoms with van der Waals surface area (Å²) < 4.78 is 1.30. The molecule has 0 bridgehead atoms. The van der Waals surface area contributed by atoms with Gasteiger partial charge in [-0.15, -0.1) is 0 Å². The van der Waals surface area contributed by atoms with Gasteiger partial charge in [-0.2, -0.15) is 0 Å². The summed E-state index contributed by atoms with van der Waals surface area (Å²) in [5, 5.41) is 0. The van der Waals surface area contributed by atoms with E-state index >= 15 is 0 Å². The first-order valence-corrected chi connectivity index (χ1v) is 11.8. The molecule has 1 fully saturated rings. The number of nitrogens with one attached hydrogen (secondary N) is 1. The number of hydrogen-bond donors (Lipinski definition) is 2. The number of nitrogens with zero attached hydrogens (tertiary/aromatic N) is 3. The van der Waals surface area contributed by atoms with E-state index in [4.69, 9.17) is 5.73 Å². The van der Waals surface area contributed by atoms with Gasteiger partial charge in [-0.1, -0.05) is 43.7 Å². The number of nitrogen functional groups attached to an aromatic ring is 1. The highest BCUT2D eigenvalue weighted by atomic mass is 16.2. The van der Waals surface area contributed by atoms with Crippen LogP contribution >= 0.6 is 0 Å². The summed E-state index contributed by atoms with van der Waals surface area (Å²) in [5.41, 5.74) is 6.80. The van der Waals surface area contributed by atoms with Crippen LogP contribution in [0.1, 0.15) is 48.5 Å². The van der Waals surface area contributed by atoms with Gasteiger partial charge in [0.15, 0.2) is 5.69 Å². The average molecular weight is 476 g/mol. The lowest BCUT2D eigenvalue weighted by Crippen LogP contribution is -2.41. The van der Waals surface area contributed by atoms with Crippen LogP contribution in [0.25, 0.3) is 0 Å². The van der Waals surface area contributed by atoms with E-state index in [0.717, 1.165) is 24.1 Å². The zero-order valence-electron chi connectivity index (χ0n) is 19.7. The molecule has 0 saturated carbocycles. The number of benzene rings is 2. The van der Waals surface area contributed by atoms with Crippen molar-refractivity contribution in [2.24, 2.45) is 0 Å². The predicted octanol–water partition coefficient (Wildman–Crippen LogP) is 2.89. The predicted molar refractivity (Wildman–Crippen MR) is 136 cm³/mol. The molecule has 4 rings (SSSR count). The van der Waals surface area contributed by atoms with Gasteiger partial charge in [-0.3, -0.25) is 28.8 Å². The zero-order chi connectivity index (χ0) is 24.9. The Balaban J connectivity index is 1.75. The Morgan fingerprint density at radius 3 is 2.40 bits per heavy atom. The molecule has 2 amide bonds. The van der Waals surface area contributed by atoms with Crippen LogP contribution in [-0.2, 0) is 17.9 Å². The van der Waals surface area contributed by atoms with Gasteiger partial charge < -0.3 is 10.6 Å². The Morgan fingerprint density at radius 1 is 1.06 bits per heavy atom. The van der Waals surface area contributed by atoms with E-state index in [1.54, 1.807) is 29.2 Å². The van der Waals surface area contributed by atoms with Crippen molar-refractivity contribution in [3.05, 3.63) is 86.6 Å². The molecule has 2 aromatic carbocycles. The van der Waals surface area contributed by atoms with Crippen LogP contribution in [0.2, 0.25) is 0 Å². The van der Waals surface area contributed by atoms with Gasteiger partial charge in [0, 0.05) is 30.8 Å². The molecule has 1 saturated heterocycles. The lowest BCUT2D eigenvalue weighted by Gasteiger charge is -2.25. The second-order valence-corrected chi connectivity index (χ2v) is 8.57. The third kappa shape index (κ3) is 5.03. The van der Waals surface area contributed by atoms with Crippen molar-refractivity contribution in [2.45, 2.75) is 45.7 Å². The highest BCUT2D eigenvalue weighted by Gasteiger charge is 2.27. The van der Waals surface area contributed by atoms with E-state index in [1.807, 2.05) is 37.3 Å². The molecule has 3 N–H and O–H groups in total. The summed E-state index contributed by atoms with van der Waals surface area (Å²) in [7, 11) is 0. The monoisotopic (exact) mass is 475 g/mol. The molecule has 0 unspecified atom stereocenters. The summed E-state index contributed by atoms with van der Waals surface area (Å²) >= 11 is 0. The van der Waals surface area contributed by atoms with Crippen molar-refractivity contribution in [1.29, 1.82) is 0 Å². The number of carbonyl (C=O) groups is 2. The fraction of sp³-hybridized carbons (Fsp3) is 0.308. The van der Waals surface area contributed by atoms with E-state index in [9.17, 15) is 19.2 Å². The van der Waals surface area contributed by atoms with Crippen LogP contribution < -0.4 is 26.8 Å². The first-order chi connectivity index (χ1) is 16.9. The molecule has 1 aliphatic heterocycles. The van der Waals surface area contributed by atoms with Crippen molar-refractivity contribution < 1.29 is 9.59 Å². The minimum Gasteiger partial charge on any atom is -0.383 e. The summed E-state index contributed by atoms with van der Waals surface area (Å²) in [6.45, 7) is 3.05. The fourth-order valence-corrected chi connectivity index (χ4v) is 4.26. The van der Waals surface area contributed by atoms with E-state index in [2.05, 4.69) is 4.98 Å². The van der Waals surface area contributed by atoms with Crippen LogP contribution in [0.15, 0.2) is 64.2 Å². The molecule has 0 aliphatic carbocycles. The fourth-order valence-electron chi connectivity index (χ4n) is 4.26. The van der Waals surface area contributed by atoms with Gasteiger partial charge in [0.1, 0.15) is 5.82 Å². The molecule has 2 heterocycles. The van der Waals surface area contributed by atoms with Gasteiger partial charge in [-0.05, 0) is 42.7 Å². The lowest BCUT2D eigenvalue weighted by atomic mass is 10.1. The quantitative estimate of drug-likeness (QED) is 0.519. The average Bonchev–Trinajstić information content (AvgIpc) is 3.29. The topological polar surface area (TPSA) is 121 Å². The Kier molecular flexibility index (Phi) is 7.14. The number of amides is 2. The Bertz CT molecular complexity index is 1330. The van der Waals surface area contributed by atoms with Crippen LogP contribution in [0, 0.1) is 0 Å². The van der Waals surface area contributed by atoms with E-state index in [-0.39, 0.29) is 24.0 Å². The Labute approximate surface area is 202 Å². The molecule has 0 spiro atoms. The standard InChI is InChI=1S/C26H29N5O4/c1-2-3-15-30-23(27)22(24(33)28-26(30)35)31(17-18-8-5-4-6-9-18)25(34)19-11-13-20(14-12-19)29-16-7-10-21(29)32/h4-6,8-9,11-14H,2-3,7,10,15-17,27H2,1H3,(H,28,33,35). The normalized spacial score (nSPS) is 13.3. The highest BCUT2D eigenvalue weighted by molar-refractivity contribution is 6.07. The molecule has 1 aromatic heterocycles. The van der Waals surface area contributed by atoms with Crippen molar-refractivity contribution in [3.8, 4) is 0 Å². The summed E-state index contributed by atoms with van der Waals surface area (Å²) in [4.78, 5) is 56.5. The van der Waals surface area contributed by atoms with Crippen molar-refractivity contribution in [2.75, 3.05) is 22.1 Å². The molecular weight excluding hydrogens is 446 g/mol. The van der Waals surface area contributed by atoms with Crippen LogP contribution in [-0.4, -0.2) is 27.9 Å². The Morgan fingerprint density at radius 2 is 1.77 bits per heavy atom. The highest BCUT2D eigenvalue weighted by Crippen LogP contribution is 2.25. The molecule has 35 heavy (non-hydrogen) atoms. The van der Waals surface area contributed by atoms with Gasteiger partial charge in [0.2, 0.25) is 5.91 Å². The number of hydrogen-bond acceptors (Lipinski definition) is 5. The van der Waals surface area contributed by atoms with Crippen molar-refractivity contribution in [3.63, 3.8) is 0 Å². The molecule has 9 nitrogen and oxygen atoms in total. The molecule has 182 valence electrons. The number of carbonyl (C=O) groups excluding carboxylic acids is 2. The van der Waals surface area contributed by atoms with Gasteiger partial charge in [-0.25, -0.2) is 4.79 Å². The van der Waals surface area contributed by atoms with E-state index in [0.29, 0.717) is 31.5 Å². The largest absolute Gasteiger partial charge is 0.383 e. The van der Waals surface area contributed by atoms with Crippen LogP contribution in [0.5, 0.6) is 0 Å². The second kappa shape index (κ2) is 10.4. The SMILES string of the molecule is CCCCn1c(N)c(N(Cc2ccccc2)C(=O)c2ccc(N3CCCC3=O)cc2)c(=O)[nH]c1=O. The van der Waals surface area contributed by atoms with Crippen molar-refractivity contribution >= 4 is 29.0 Å². The first-order valence-electron chi connectivity index (χ1n) is 11.8. The smallest absolute Gasteiger partial charge is 0.330 e. The van der Waals surface area contributed by atoms with E-state index in [1.165, 1.54) is 9.47 Å². The molecule has 1 aliphatic rings. The van der Waals surface area contributed by atoms with Crippen LogP contribution in [0.3, 0.4) is 0 Å². The Hall–Kier alpha value is -4.14. The van der Waals surface area contributed by atoms with Gasteiger partial charge >= 0.3 is 5.69 Å². The second-order valence-electron chi connectivity index (χ2n) is 8.57. The molecule has 9 heteroatoms. The number of aromatic nitrogens is 2. The summed E-state index contributed by atoms with van der Waals surface area (Å²) in [6.07, 6.45) is 2.85. The third-order valence-electron chi connectivity index (χ3n) is 6.15. The van der Waals surface area contributed by atoms with Crippen molar-refractivity contribution in [1.82, 2.24) is 9.55 Å². The minimum absolute atomic E-state index is 0.0456. The maximum Gasteiger partial charge on any atom is 0.330 e. The number of H-pyrrole nitrogens is 1. The lowest BCUT2D eigenvalue weighted by molar-refractivity contribution is -0.117. The molecule has 0 atom stereocenters. The third-order valence-corrected chi connectivity index (χ3v) is 6.15. The molecule has 0 radical (unpaired) electrons. The van der Waals surface area contributed by atoms with E-state index < -0.39 is 17.2 Å². The van der Waals surface area contributed by atoms with Gasteiger partial charge in [0.05, 0.1) is 6.54 Å². The maximum absolute atomic E-state index is 13.7. The molecule has 3 aromatic rings. The number of unbranched alkanes of at least 4 members (excludes halogenated alkanes) is 1. The van der Waals surface area contributed by atoms with Gasteiger partial charge in [0.25, 0.3) is 11.5 Å². The minimum atomic E-state index is -0.719.